The SMILES string of the molecule is COc1cccc(OC)c1C(=O)C1CC(=O)Nc2c1c(C)nn2-c1ccccc1. The highest BCUT2D eigenvalue weighted by molar-refractivity contribution is 6.10. The summed E-state index contributed by atoms with van der Waals surface area (Å²) in [6, 6.07) is 14.7. The minimum Gasteiger partial charge on any atom is -0.496 e. The molecule has 1 atom stereocenters. The first-order valence-electron chi connectivity index (χ1n) is 9.25. The number of ether oxygens (including phenoxy) is 2. The molecule has 0 fully saturated rings. The van der Waals surface area contributed by atoms with Crippen molar-refractivity contribution < 1.29 is 19.1 Å². The molecule has 1 unspecified atom stereocenters. The summed E-state index contributed by atoms with van der Waals surface area (Å²) in [6.45, 7) is 1.84. The number of hydrogen-bond donors (Lipinski definition) is 1. The third-order valence-corrected chi connectivity index (χ3v) is 5.09. The van der Waals surface area contributed by atoms with Crippen molar-refractivity contribution in [3.63, 3.8) is 0 Å². The number of rotatable bonds is 5. The molecule has 2 heterocycles. The van der Waals surface area contributed by atoms with Gasteiger partial charge in [0.15, 0.2) is 5.78 Å². The third-order valence-electron chi connectivity index (χ3n) is 5.09. The van der Waals surface area contributed by atoms with Gasteiger partial charge < -0.3 is 14.8 Å². The number of anilines is 1. The first-order chi connectivity index (χ1) is 14.0. The number of para-hydroxylation sites is 1. The van der Waals surface area contributed by atoms with Gasteiger partial charge >= 0.3 is 0 Å². The van der Waals surface area contributed by atoms with Crippen LogP contribution in [0.5, 0.6) is 11.5 Å². The molecule has 0 saturated carbocycles. The van der Waals surface area contributed by atoms with E-state index in [2.05, 4.69) is 10.4 Å². The van der Waals surface area contributed by atoms with Gasteiger partial charge in [-0.25, -0.2) is 4.68 Å². The smallest absolute Gasteiger partial charge is 0.226 e. The molecule has 4 rings (SSSR count). The lowest BCUT2D eigenvalue weighted by Gasteiger charge is -2.24. The number of aromatic nitrogens is 2. The predicted molar refractivity (Wildman–Crippen MR) is 108 cm³/mol. The molecule has 1 amide bonds. The fraction of sp³-hybridized carbons (Fsp3) is 0.227. The van der Waals surface area contributed by atoms with Crippen molar-refractivity contribution in [2.75, 3.05) is 19.5 Å². The fourth-order valence-corrected chi connectivity index (χ4v) is 3.80. The van der Waals surface area contributed by atoms with Crippen LogP contribution in [0.4, 0.5) is 5.82 Å². The molecule has 1 N–H and O–H groups in total. The first kappa shape index (κ1) is 18.7. The van der Waals surface area contributed by atoms with E-state index in [0.717, 1.165) is 5.69 Å². The summed E-state index contributed by atoms with van der Waals surface area (Å²) in [4.78, 5) is 26.1. The maximum atomic E-state index is 13.6. The summed E-state index contributed by atoms with van der Waals surface area (Å²) < 4.78 is 12.5. The summed E-state index contributed by atoms with van der Waals surface area (Å²) in [5.41, 5.74) is 2.54. The number of ketones is 1. The zero-order valence-corrected chi connectivity index (χ0v) is 16.4. The average Bonchev–Trinajstić information content (AvgIpc) is 3.08. The van der Waals surface area contributed by atoms with Gasteiger partial charge in [0, 0.05) is 12.0 Å². The Kier molecular flexibility index (Phi) is 4.80. The molecule has 2 aromatic carbocycles. The Bertz CT molecular complexity index is 1070. The molecule has 3 aromatic rings. The van der Waals surface area contributed by atoms with Gasteiger partial charge in [-0.1, -0.05) is 24.3 Å². The van der Waals surface area contributed by atoms with E-state index in [1.165, 1.54) is 14.2 Å². The Morgan fingerprint density at radius 1 is 1.07 bits per heavy atom. The van der Waals surface area contributed by atoms with E-state index in [0.29, 0.717) is 34.1 Å². The lowest BCUT2D eigenvalue weighted by molar-refractivity contribution is -0.116. The van der Waals surface area contributed by atoms with E-state index < -0.39 is 5.92 Å². The molecule has 1 aromatic heterocycles. The van der Waals surface area contributed by atoms with Crippen LogP contribution in [-0.4, -0.2) is 35.7 Å². The number of benzene rings is 2. The molecule has 0 aliphatic carbocycles. The normalized spacial score (nSPS) is 15.4. The van der Waals surface area contributed by atoms with E-state index in [-0.39, 0.29) is 18.1 Å². The summed E-state index contributed by atoms with van der Waals surface area (Å²) in [5, 5.41) is 7.48. The van der Waals surface area contributed by atoms with Crippen LogP contribution in [0.3, 0.4) is 0 Å². The fourth-order valence-electron chi connectivity index (χ4n) is 3.80. The number of aryl methyl sites for hydroxylation is 1. The van der Waals surface area contributed by atoms with Crippen molar-refractivity contribution >= 4 is 17.5 Å². The Morgan fingerprint density at radius 2 is 1.72 bits per heavy atom. The van der Waals surface area contributed by atoms with Gasteiger partial charge in [-0.15, -0.1) is 0 Å². The number of methoxy groups -OCH3 is 2. The van der Waals surface area contributed by atoms with Crippen molar-refractivity contribution in [1.29, 1.82) is 0 Å². The van der Waals surface area contributed by atoms with Gasteiger partial charge in [0.1, 0.15) is 22.9 Å². The third kappa shape index (κ3) is 3.14. The zero-order chi connectivity index (χ0) is 20.5. The van der Waals surface area contributed by atoms with Crippen LogP contribution in [0.2, 0.25) is 0 Å². The van der Waals surface area contributed by atoms with Crippen LogP contribution in [0.1, 0.15) is 34.0 Å². The Morgan fingerprint density at radius 3 is 2.34 bits per heavy atom. The molecule has 1 aliphatic rings. The molecule has 148 valence electrons. The molecular formula is C22H21N3O4. The Balaban J connectivity index is 1.86. The molecule has 1 aliphatic heterocycles. The molecule has 7 heteroatoms. The summed E-state index contributed by atoms with van der Waals surface area (Å²) >= 11 is 0. The highest BCUT2D eigenvalue weighted by Crippen LogP contribution is 2.41. The van der Waals surface area contributed by atoms with Crippen LogP contribution < -0.4 is 14.8 Å². The largest absolute Gasteiger partial charge is 0.496 e. The lowest BCUT2D eigenvalue weighted by Crippen LogP contribution is -2.29. The topological polar surface area (TPSA) is 82.4 Å². The number of amides is 1. The van der Waals surface area contributed by atoms with Crippen LogP contribution in [0, 0.1) is 6.92 Å². The van der Waals surface area contributed by atoms with E-state index in [4.69, 9.17) is 9.47 Å². The van der Waals surface area contributed by atoms with Gasteiger partial charge in [-0.2, -0.15) is 5.10 Å². The maximum Gasteiger partial charge on any atom is 0.226 e. The van der Waals surface area contributed by atoms with Gasteiger partial charge in [0.05, 0.1) is 31.5 Å². The standard InChI is InChI=1S/C22H21N3O4/c1-13-19-15(21(27)20-16(28-2)10-7-11-17(20)29-3)12-18(26)23-22(19)25(24-13)14-8-5-4-6-9-14/h4-11,15H,12H2,1-3H3,(H,23,26). The number of carbonyl (C=O) groups excluding carboxylic acids is 2. The number of fused-ring (bicyclic) bond motifs is 1. The van der Waals surface area contributed by atoms with Crippen LogP contribution in [-0.2, 0) is 4.79 Å². The average molecular weight is 391 g/mol. The molecule has 0 radical (unpaired) electrons. The monoisotopic (exact) mass is 391 g/mol. The molecular weight excluding hydrogens is 370 g/mol. The predicted octanol–water partition coefficient (Wildman–Crippen LogP) is 3.51. The minimum atomic E-state index is -0.679. The number of nitrogens with one attached hydrogen (secondary N) is 1. The Hall–Kier alpha value is -3.61. The maximum absolute atomic E-state index is 13.6. The first-order valence-corrected chi connectivity index (χ1v) is 9.25. The second kappa shape index (κ2) is 7.43. The van der Waals surface area contributed by atoms with Crippen molar-refractivity contribution in [3.05, 3.63) is 65.4 Å². The van der Waals surface area contributed by atoms with Gasteiger partial charge in [0.25, 0.3) is 0 Å². The zero-order valence-electron chi connectivity index (χ0n) is 16.4. The highest BCUT2D eigenvalue weighted by atomic mass is 16.5. The second-order valence-electron chi connectivity index (χ2n) is 6.80. The molecule has 0 bridgehead atoms. The Labute approximate surface area is 168 Å². The minimum absolute atomic E-state index is 0.0361. The van der Waals surface area contributed by atoms with Gasteiger partial charge in [-0.3, -0.25) is 9.59 Å². The number of Topliss-reactive ketones (excluding diaryl/α,β-unsaturated/α-hetero) is 1. The van der Waals surface area contributed by atoms with Crippen molar-refractivity contribution in [3.8, 4) is 17.2 Å². The summed E-state index contributed by atoms with van der Waals surface area (Å²) in [6.07, 6.45) is 0.0361. The quantitative estimate of drug-likeness (QED) is 0.673. The van der Waals surface area contributed by atoms with Crippen molar-refractivity contribution in [1.82, 2.24) is 9.78 Å². The summed E-state index contributed by atoms with van der Waals surface area (Å²) in [5.74, 6) is 0.205. The summed E-state index contributed by atoms with van der Waals surface area (Å²) in [7, 11) is 3.01. The van der Waals surface area contributed by atoms with Crippen molar-refractivity contribution in [2.45, 2.75) is 19.3 Å². The lowest BCUT2D eigenvalue weighted by atomic mass is 9.85. The van der Waals surface area contributed by atoms with Crippen molar-refractivity contribution in [2.24, 2.45) is 0 Å². The number of nitrogens with zero attached hydrogens (tertiary/aromatic N) is 2. The van der Waals surface area contributed by atoms with Gasteiger partial charge in [0.2, 0.25) is 5.91 Å². The van der Waals surface area contributed by atoms with Crippen LogP contribution >= 0.6 is 0 Å². The van der Waals surface area contributed by atoms with Gasteiger partial charge in [-0.05, 0) is 31.2 Å². The second-order valence-corrected chi connectivity index (χ2v) is 6.80. The molecule has 0 saturated heterocycles. The van der Waals surface area contributed by atoms with Crippen LogP contribution in [0.25, 0.3) is 5.69 Å². The number of hydrogen-bond acceptors (Lipinski definition) is 5. The van der Waals surface area contributed by atoms with Crippen LogP contribution in [0.15, 0.2) is 48.5 Å². The van der Waals surface area contributed by atoms with E-state index >= 15 is 0 Å². The van der Waals surface area contributed by atoms with E-state index in [1.54, 1.807) is 22.9 Å². The number of carbonyl (C=O) groups is 2. The molecule has 29 heavy (non-hydrogen) atoms. The molecule has 7 nitrogen and oxygen atoms in total. The highest BCUT2D eigenvalue weighted by Gasteiger charge is 2.38. The van der Waals surface area contributed by atoms with E-state index in [1.807, 2.05) is 37.3 Å². The van der Waals surface area contributed by atoms with E-state index in [9.17, 15) is 9.59 Å². The molecule has 0 spiro atoms.